The van der Waals surface area contributed by atoms with E-state index in [4.69, 9.17) is 0 Å². The molecule has 348 valence electrons. The van der Waals surface area contributed by atoms with Crippen molar-refractivity contribution in [2.45, 2.75) is 0 Å². The van der Waals surface area contributed by atoms with Crippen LogP contribution in [0.1, 0.15) is 0 Å². The van der Waals surface area contributed by atoms with Crippen molar-refractivity contribution in [1.29, 1.82) is 0 Å². The largest absolute Gasteiger partial charge is 0.134 e. The smallest absolute Gasteiger partial charge is 0.0449 e. The second-order valence-corrected chi connectivity index (χ2v) is 23.0. The van der Waals surface area contributed by atoms with Crippen molar-refractivity contribution in [2.75, 3.05) is 0 Å². The van der Waals surface area contributed by atoms with Crippen LogP contribution in [0.15, 0.2) is 267 Å². The fourth-order valence-corrected chi connectivity index (χ4v) is 14.8. The molecule has 0 aliphatic heterocycles. The van der Waals surface area contributed by atoms with Gasteiger partial charge >= 0.3 is 0 Å². The molecule has 0 saturated carbocycles. The second-order valence-electron chi connectivity index (χ2n) is 18.7. The molecule has 14 aromatic rings. The predicted octanol–water partition coefficient (Wildman–Crippen LogP) is 22.1. The van der Waals surface area contributed by atoms with E-state index in [2.05, 4.69) is 267 Å². The summed E-state index contributed by atoms with van der Waals surface area (Å²) in [6.07, 6.45) is 0. The molecule has 0 fully saturated rings. The molecule has 4 heterocycles. The predicted molar refractivity (Wildman–Crippen MR) is 325 cm³/mol. The summed E-state index contributed by atoms with van der Waals surface area (Å²) >= 11 is 7.46. The highest BCUT2D eigenvalue weighted by molar-refractivity contribution is 7.25. The topological polar surface area (TPSA) is 0 Å². The van der Waals surface area contributed by atoms with Crippen molar-refractivity contribution in [3.05, 3.63) is 267 Å². The van der Waals surface area contributed by atoms with Gasteiger partial charge in [0.05, 0.1) is 0 Å². The Kier molecular flexibility index (Phi) is 11.4. The summed E-state index contributed by atoms with van der Waals surface area (Å²) < 4.78 is 0. The number of thiophene rings is 4. The van der Waals surface area contributed by atoms with E-state index < -0.39 is 0 Å². The van der Waals surface area contributed by atoms with Crippen LogP contribution in [0.2, 0.25) is 0 Å². The lowest BCUT2D eigenvalue weighted by atomic mass is 9.79. The summed E-state index contributed by atoms with van der Waals surface area (Å²) in [7, 11) is 0. The van der Waals surface area contributed by atoms with Gasteiger partial charge in [0, 0.05) is 39.0 Å². The van der Waals surface area contributed by atoms with Crippen LogP contribution in [0.25, 0.3) is 138 Å². The summed E-state index contributed by atoms with van der Waals surface area (Å²) in [4.78, 5) is 10.3. The number of benzene rings is 10. The van der Waals surface area contributed by atoms with E-state index in [1.807, 2.05) is 45.3 Å². The van der Waals surface area contributed by atoms with Crippen molar-refractivity contribution >= 4 is 77.7 Å². The van der Waals surface area contributed by atoms with Crippen molar-refractivity contribution in [3.63, 3.8) is 0 Å². The average Bonchev–Trinajstić information content (AvgIpc) is 4.34. The number of hydrogen-bond donors (Lipinski definition) is 0. The van der Waals surface area contributed by atoms with Gasteiger partial charge in [-0.05, 0) is 160 Å². The quantitative estimate of drug-likeness (QED) is 0.128. The van der Waals surface area contributed by atoms with Gasteiger partial charge in [-0.2, -0.15) is 0 Å². The number of rotatable bonds is 10. The minimum absolute atomic E-state index is 1.19. The maximum absolute atomic E-state index is 2.34. The highest BCUT2D eigenvalue weighted by atomic mass is 32.1. The summed E-state index contributed by atoms with van der Waals surface area (Å²) in [5.41, 5.74) is 14.7. The first kappa shape index (κ1) is 44.5. The lowest BCUT2D eigenvalue weighted by Gasteiger charge is -2.24. The number of fused-ring (bicyclic) bond motifs is 3. The molecular formula is C70H44S4. The maximum Gasteiger partial charge on any atom is 0.0449 e. The average molecular weight is 1010 g/mol. The Bertz CT molecular complexity index is 4060. The van der Waals surface area contributed by atoms with Crippen molar-refractivity contribution in [1.82, 2.24) is 0 Å². The van der Waals surface area contributed by atoms with E-state index in [1.54, 1.807) is 0 Å². The van der Waals surface area contributed by atoms with Gasteiger partial charge in [-0.3, -0.25) is 0 Å². The van der Waals surface area contributed by atoms with Crippen LogP contribution in [0.5, 0.6) is 0 Å². The van der Waals surface area contributed by atoms with E-state index in [0.717, 1.165) is 0 Å². The van der Waals surface area contributed by atoms with Gasteiger partial charge in [0.2, 0.25) is 0 Å². The molecule has 0 unspecified atom stereocenters. The molecule has 0 saturated heterocycles. The van der Waals surface area contributed by atoms with Crippen molar-refractivity contribution in [2.24, 2.45) is 0 Å². The lowest BCUT2D eigenvalue weighted by Crippen LogP contribution is -1.97. The minimum atomic E-state index is 1.19. The molecule has 14 rings (SSSR count). The third-order valence-electron chi connectivity index (χ3n) is 14.2. The molecule has 74 heavy (non-hydrogen) atoms. The van der Waals surface area contributed by atoms with Crippen molar-refractivity contribution in [3.8, 4) is 106 Å². The highest BCUT2D eigenvalue weighted by Gasteiger charge is 2.24. The number of hydrogen-bond acceptors (Lipinski definition) is 4. The van der Waals surface area contributed by atoms with Gasteiger partial charge in [-0.1, -0.05) is 206 Å². The fourth-order valence-electron chi connectivity index (χ4n) is 10.6. The van der Waals surface area contributed by atoms with Crippen LogP contribution in [-0.2, 0) is 0 Å². The van der Waals surface area contributed by atoms with Crippen LogP contribution in [0.4, 0.5) is 0 Å². The molecule has 4 aromatic heterocycles. The van der Waals surface area contributed by atoms with Gasteiger partial charge in [-0.25, -0.2) is 0 Å². The van der Waals surface area contributed by atoms with Crippen LogP contribution in [0.3, 0.4) is 0 Å². The molecule has 0 atom stereocenters. The molecule has 0 radical (unpaired) electrons. The van der Waals surface area contributed by atoms with Crippen LogP contribution in [-0.4, -0.2) is 0 Å². The molecule has 10 aromatic carbocycles. The Morgan fingerprint density at radius 1 is 0.162 bits per heavy atom. The fraction of sp³-hybridized carbons (Fsp3) is 0. The normalized spacial score (nSPS) is 11.5. The third kappa shape index (κ3) is 8.23. The van der Waals surface area contributed by atoms with Gasteiger partial charge in [0.25, 0.3) is 0 Å². The molecule has 0 N–H and O–H groups in total. The van der Waals surface area contributed by atoms with Gasteiger partial charge in [0.15, 0.2) is 0 Å². The van der Waals surface area contributed by atoms with Crippen LogP contribution in [0, 0.1) is 0 Å². The Morgan fingerprint density at radius 3 is 0.811 bits per heavy atom. The standard InChI is InChI=1S/C70H44S4/c1-3-15-49(16-4-1)69-67(51-29-25-47(26-30-51)59-35-39-63(71-59)65-41-37-61(73-65)55-33-23-45-13-7-9-19-53(45)43-55)57-21-11-12-22-58(57)68(70(69)50-17-5-2-6-18-50)52-31-27-48(28-32-52)60-36-40-64(72-60)66-42-38-62(74-66)56-34-24-46-14-8-10-20-54(46)44-56/h1-44H. The van der Waals surface area contributed by atoms with E-state index >= 15 is 0 Å². The second kappa shape index (κ2) is 19.0. The van der Waals surface area contributed by atoms with E-state index in [0.29, 0.717) is 0 Å². The van der Waals surface area contributed by atoms with E-state index in [-0.39, 0.29) is 0 Å². The van der Waals surface area contributed by atoms with E-state index in [1.165, 1.54) is 138 Å². The molecular weight excluding hydrogens is 969 g/mol. The summed E-state index contributed by atoms with van der Waals surface area (Å²) in [5.74, 6) is 0. The van der Waals surface area contributed by atoms with Gasteiger partial charge in [-0.15, -0.1) is 45.3 Å². The molecule has 0 aliphatic carbocycles. The monoisotopic (exact) mass is 1010 g/mol. The summed E-state index contributed by atoms with van der Waals surface area (Å²) in [6.45, 7) is 0. The van der Waals surface area contributed by atoms with Crippen LogP contribution < -0.4 is 0 Å². The van der Waals surface area contributed by atoms with Gasteiger partial charge < -0.3 is 0 Å². The Labute approximate surface area is 447 Å². The molecule has 0 nitrogen and oxygen atoms in total. The Morgan fingerprint density at radius 2 is 0.432 bits per heavy atom. The summed E-state index contributed by atoms with van der Waals surface area (Å²) in [6, 6.07) is 98.6. The molecule has 0 aliphatic rings. The van der Waals surface area contributed by atoms with E-state index in [9.17, 15) is 0 Å². The van der Waals surface area contributed by atoms with Crippen LogP contribution >= 0.6 is 45.3 Å². The molecule has 0 amide bonds. The SMILES string of the molecule is c1ccc(-c2c(-c3ccccc3)c(-c3ccc(-c4ccc(-c5ccc(-c6ccc7ccccc7c6)s5)s4)cc3)c3ccccc3c2-c2ccc(-c3ccc(-c4ccc(-c5ccc6ccccc6c5)s4)s3)cc2)cc1. The first-order chi connectivity index (χ1) is 36.6. The third-order valence-corrected chi connectivity index (χ3v) is 19.2. The zero-order chi connectivity index (χ0) is 49.0. The zero-order valence-corrected chi connectivity index (χ0v) is 43.3. The first-order valence-corrected chi connectivity index (χ1v) is 28.2. The molecule has 0 spiro atoms. The molecule has 4 heteroatoms. The Balaban J connectivity index is 0.823. The Hall–Kier alpha value is -8.22. The summed E-state index contributed by atoms with van der Waals surface area (Å²) in [5, 5.41) is 7.56. The zero-order valence-electron chi connectivity index (χ0n) is 40.0. The first-order valence-electron chi connectivity index (χ1n) is 24.9. The lowest BCUT2D eigenvalue weighted by molar-refractivity contribution is 1.57. The highest BCUT2D eigenvalue weighted by Crippen LogP contribution is 2.52. The molecule has 0 bridgehead atoms. The maximum atomic E-state index is 2.34. The van der Waals surface area contributed by atoms with Crippen molar-refractivity contribution < 1.29 is 0 Å². The van der Waals surface area contributed by atoms with Gasteiger partial charge in [0.1, 0.15) is 0 Å². The minimum Gasteiger partial charge on any atom is -0.134 e.